The molecule has 1 saturated carbocycles. The zero-order valence-corrected chi connectivity index (χ0v) is 15.9. The van der Waals surface area contributed by atoms with Crippen molar-refractivity contribution in [3.63, 3.8) is 0 Å². The molecule has 0 spiro atoms. The quantitative estimate of drug-likeness (QED) is 0.391. The summed E-state index contributed by atoms with van der Waals surface area (Å²) in [5.74, 6) is 1.08. The second kappa shape index (κ2) is 13.9. The third kappa shape index (κ3) is 11.6. The van der Waals surface area contributed by atoms with Crippen LogP contribution >= 0.6 is 0 Å². The van der Waals surface area contributed by atoms with Crippen LogP contribution in [0.1, 0.15) is 117 Å². The number of carbonyl (C=O) groups excluding carboxylic acids is 1. The van der Waals surface area contributed by atoms with Crippen LogP contribution in [0.4, 0.5) is 0 Å². The number of hydrogen-bond donors (Lipinski definition) is 1. The number of amides is 1. The number of rotatable bonds is 13. The number of carbonyl (C=O) groups is 1. The predicted molar refractivity (Wildman–Crippen MR) is 101 cm³/mol. The third-order valence-corrected chi connectivity index (χ3v) is 5.31. The number of unbranched alkanes of at least 4 members (excludes halogenated alkanes) is 10. The van der Waals surface area contributed by atoms with E-state index in [1.54, 1.807) is 0 Å². The first kappa shape index (κ1) is 20.5. The molecule has 0 radical (unpaired) electrons. The van der Waals surface area contributed by atoms with Gasteiger partial charge in [0.05, 0.1) is 0 Å². The monoisotopic (exact) mass is 323 g/mol. The van der Waals surface area contributed by atoms with Gasteiger partial charge in [-0.15, -0.1) is 0 Å². The van der Waals surface area contributed by atoms with Gasteiger partial charge in [0, 0.05) is 12.5 Å². The van der Waals surface area contributed by atoms with E-state index >= 15 is 0 Å². The van der Waals surface area contributed by atoms with Gasteiger partial charge in [0.25, 0.3) is 0 Å². The van der Waals surface area contributed by atoms with Gasteiger partial charge in [-0.3, -0.25) is 4.79 Å². The average molecular weight is 324 g/mol. The van der Waals surface area contributed by atoms with Crippen LogP contribution in [-0.4, -0.2) is 11.9 Å². The predicted octanol–water partition coefficient (Wildman–Crippen LogP) is 6.38. The molecule has 1 fully saturated rings. The first-order valence-electron chi connectivity index (χ1n) is 10.5. The maximum absolute atomic E-state index is 12.0. The largest absolute Gasteiger partial charge is 0.353 e. The van der Waals surface area contributed by atoms with Crippen molar-refractivity contribution in [3.8, 4) is 0 Å². The Morgan fingerprint density at radius 1 is 0.870 bits per heavy atom. The highest BCUT2D eigenvalue weighted by atomic mass is 16.1. The van der Waals surface area contributed by atoms with E-state index in [0.717, 1.165) is 18.8 Å². The molecule has 0 aromatic heterocycles. The summed E-state index contributed by atoms with van der Waals surface area (Å²) in [6.45, 7) is 4.58. The molecule has 0 bridgehead atoms. The highest BCUT2D eigenvalue weighted by Crippen LogP contribution is 2.23. The van der Waals surface area contributed by atoms with Crippen molar-refractivity contribution in [1.82, 2.24) is 5.32 Å². The summed E-state index contributed by atoms with van der Waals surface area (Å²) < 4.78 is 0. The Hall–Kier alpha value is -0.530. The van der Waals surface area contributed by atoms with Crippen LogP contribution in [0.15, 0.2) is 0 Å². The van der Waals surface area contributed by atoms with E-state index in [2.05, 4.69) is 19.2 Å². The summed E-state index contributed by atoms with van der Waals surface area (Å²) in [5, 5.41) is 3.25. The van der Waals surface area contributed by atoms with Crippen LogP contribution in [0.25, 0.3) is 0 Å². The lowest BCUT2D eigenvalue weighted by atomic mass is 9.87. The van der Waals surface area contributed by atoms with E-state index in [4.69, 9.17) is 0 Å². The van der Waals surface area contributed by atoms with Crippen molar-refractivity contribution >= 4 is 5.91 Å². The minimum absolute atomic E-state index is 0.292. The second-order valence-corrected chi connectivity index (χ2v) is 7.82. The molecule has 136 valence electrons. The summed E-state index contributed by atoms with van der Waals surface area (Å²) in [6.07, 6.45) is 20.5. The normalized spacial score (nSPS) is 21.3. The third-order valence-electron chi connectivity index (χ3n) is 5.31. The molecular formula is C21H41NO. The van der Waals surface area contributed by atoms with Crippen LogP contribution in [0, 0.1) is 5.92 Å². The molecule has 23 heavy (non-hydrogen) atoms. The van der Waals surface area contributed by atoms with Gasteiger partial charge in [-0.05, 0) is 25.2 Å². The van der Waals surface area contributed by atoms with E-state index in [1.165, 1.54) is 89.9 Å². The topological polar surface area (TPSA) is 29.1 Å². The fourth-order valence-electron chi connectivity index (χ4n) is 3.81. The lowest BCUT2D eigenvalue weighted by molar-refractivity contribution is -0.122. The second-order valence-electron chi connectivity index (χ2n) is 7.82. The molecule has 1 aliphatic rings. The molecule has 0 aromatic carbocycles. The molecule has 1 N–H and O–H groups in total. The highest BCUT2D eigenvalue weighted by Gasteiger charge is 2.19. The van der Waals surface area contributed by atoms with Gasteiger partial charge in [0.15, 0.2) is 0 Å². The molecule has 0 heterocycles. The maximum Gasteiger partial charge on any atom is 0.220 e. The first-order valence-corrected chi connectivity index (χ1v) is 10.5. The maximum atomic E-state index is 12.0. The minimum Gasteiger partial charge on any atom is -0.353 e. The summed E-state index contributed by atoms with van der Waals surface area (Å²) in [7, 11) is 0. The van der Waals surface area contributed by atoms with Gasteiger partial charge in [-0.2, -0.15) is 0 Å². The zero-order chi connectivity index (χ0) is 16.8. The zero-order valence-electron chi connectivity index (χ0n) is 15.9. The van der Waals surface area contributed by atoms with Gasteiger partial charge in [0.1, 0.15) is 0 Å². The van der Waals surface area contributed by atoms with Gasteiger partial charge >= 0.3 is 0 Å². The van der Waals surface area contributed by atoms with Crippen molar-refractivity contribution in [2.75, 3.05) is 0 Å². The van der Waals surface area contributed by atoms with Crippen LogP contribution < -0.4 is 5.32 Å². The molecule has 2 heteroatoms. The Labute approximate surface area is 145 Å². The molecule has 0 unspecified atom stereocenters. The lowest BCUT2D eigenvalue weighted by Gasteiger charge is -2.27. The van der Waals surface area contributed by atoms with Crippen molar-refractivity contribution in [2.24, 2.45) is 5.92 Å². The SMILES string of the molecule is CCCCCCCCCCCCCC(=O)N[C@H]1CCC[C@H](C)C1. The van der Waals surface area contributed by atoms with Crippen LogP contribution in [0.2, 0.25) is 0 Å². The van der Waals surface area contributed by atoms with E-state index in [0.29, 0.717) is 11.9 Å². The Morgan fingerprint density at radius 2 is 1.43 bits per heavy atom. The van der Waals surface area contributed by atoms with E-state index in [9.17, 15) is 4.79 Å². The molecule has 0 saturated heterocycles. The number of nitrogens with one attached hydrogen (secondary N) is 1. The van der Waals surface area contributed by atoms with Crippen molar-refractivity contribution in [3.05, 3.63) is 0 Å². The Morgan fingerprint density at radius 3 is 2.00 bits per heavy atom. The average Bonchev–Trinajstić information content (AvgIpc) is 2.52. The Balaban J connectivity index is 1.84. The van der Waals surface area contributed by atoms with E-state index in [1.807, 2.05) is 0 Å². The Bertz CT molecular complexity index is 290. The Kier molecular flexibility index (Phi) is 12.4. The molecule has 1 aliphatic carbocycles. The van der Waals surface area contributed by atoms with Crippen LogP contribution in [0.3, 0.4) is 0 Å². The van der Waals surface area contributed by atoms with Gasteiger partial charge < -0.3 is 5.32 Å². The molecule has 1 rings (SSSR count). The van der Waals surface area contributed by atoms with Crippen molar-refractivity contribution in [2.45, 2.75) is 123 Å². The molecule has 1 amide bonds. The summed E-state index contributed by atoms with van der Waals surface area (Å²) in [5.41, 5.74) is 0. The molecule has 0 aliphatic heterocycles. The van der Waals surface area contributed by atoms with E-state index in [-0.39, 0.29) is 0 Å². The van der Waals surface area contributed by atoms with Crippen molar-refractivity contribution in [1.29, 1.82) is 0 Å². The van der Waals surface area contributed by atoms with Crippen molar-refractivity contribution < 1.29 is 4.79 Å². The summed E-state index contributed by atoms with van der Waals surface area (Å²) in [6, 6.07) is 0.457. The highest BCUT2D eigenvalue weighted by molar-refractivity contribution is 5.76. The van der Waals surface area contributed by atoms with Gasteiger partial charge in [0.2, 0.25) is 5.91 Å². The van der Waals surface area contributed by atoms with Gasteiger partial charge in [-0.25, -0.2) is 0 Å². The van der Waals surface area contributed by atoms with Crippen LogP contribution in [-0.2, 0) is 4.79 Å². The molecule has 2 nitrogen and oxygen atoms in total. The summed E-state index contributed by atoms with van der Waals surface area (Å²) in [4.78, 5) is 12.0. The fourth-order valence-corrected chi connectivity index (χ4v) is 3.81. The smallest absolute Gasteiger partial charge is 0.220 e. The summed E-state index contributed by atoms with van der Waals surface area (Å²) >= 11 is 0. The van der Waals surface area contributed by atoms with Gasteiger partial charge in [-0.1, -0.05) is 90.9 Å². The number of hydrogen-bond acceptors (Lipinski definition) is 1. The minimum atomic E-state index is 0.292. The molecular weight excluding hydrogens is 282 g/mol. The first-order chi connectivity index (χ1) is 11.2. The van der Waals surface area contributed by atoms with E-state index < -0.39 is 0 Å². The fraction of sp³-hybridized carbons (Fsp3) is 0.952. The van der Waals surface area contributed by atoms with Crippen LogP contribution in [0.5, 0.6) is 0 Å². The molecule has 2 atom stereocenters. The standard InChI is InChI=1S/C21H41NO/c1-3-4-5-6-7-8-9-10-11-12-13-17-21(23)22-20-16-14-15-19(2)18-20/h19-20H,3-18H2,1-2H3,(H,22,23)/t19-,20-/m0/s1. The molecule has 0 aromatic rings. The lowest BCUT2D eigenvalue weighted by Crippen LogP contribution is -2.37.